The minimum Gasteiger partial charge on any atom is -0.468 e. The van der Waals surface area contributed by atoms with Gasteiger partial charge in [-0.25, -0.2) is 4.90 Å². The van der Waals surface area contributed by atoms with Crippen LogP contribution in [0.5, 0.6) is 0 Å². The molecule has 2 aromatic carbocycles. The minimum absolute atomic E-state index is 0.166. The Bertz CT molecular complexity index is 1200. The van der Waals surface area contributed by atoms with Crippen molar-refractivity contribution in [2.24, 2.45) is 11.8 Å². The van der Waals surface area contributed by atoms with Crippen molar-refractivity contribution in [2.45, 2.75) is 24.9 Å². The van der Waals surface area contributed by atoms with Gasteiger partial charge >= 0.3 is 5.97 Å². The van der Waals surface area contributed by atoms with E-state index in [1.54, 1.807) is 36.0 Å². The lowest BCUT2D eigenvalue weighted by molar-refractivity contribution is -0.152. The fraction of sp³-hybridized carbons (Fsp3) is 0.407. The quantitative estimate of drug-likeness (QED) is 0.330. The molecule has 0 aromatic heterocycles. The van der Waals surface area contributed by atoms with Crippen molar-refractivity contribution >= 4 is 46.7 Å². The first-order chi connectivity index (χ1) is 17.2. The summed E-state index contributed by atoms with van der Waals surface area (Å²) in [6.45, 7) is 1.43. The molecule has 2 fully saturated rings. The number of rotatable bonds is 8. The van der Waals surface area contributed by atoms with E-state index in [9.17, 15) is 19.2 Å². The number of Topliss-reactive ketones (excluding diaryl/α,β-unsaturated/α-hetero) is 1. The summed E-state index contributed by atoms with van der Waals surface area (Å²) in [4.78, 5) is 56.3. The second-order valence-electron chi connectivity index (χ2n) is 9.44. The summed E-state index contributed by atoms with van der Waals surface area (Å²) in [5.74, 6) is -2.72. The Hall–Kier alpha value is -3.17. The molecule has 0 saturated carbocycles. The molecular weight excluding hydrogens is 478 g/mol. The smallest absolute Gasteiger partial charge is 0.326 e. The molecule has 2 aromatic rings. The van der Waals surface area contributed by atoms with Crippen LogP contribution < -0.4 is 15.1 Å². The zero-order valence-electron chi connectivity index (χ0n) is 21.1. The fourth-order valence-corrected chi connectivity index (χ4v) is 5.88. The van der Waals surface area contributed by atoms with Crippen LogP contribution in [-0.2, 0) is 19.1 Å². The number of carbonyl (C=O) groups is 4. The highest BCUT2D eigenvalue weighted by Gasteiger charge is 2.68. The number of ketones is 1. The lowest BCUT2D eigenvalue weighted by Crippen LogP contribution is -2.56. The first-order valence-electron chi connectivity index (χ1n) is 11.8. The van der Waals surface area contributed by atoms with Crippen molar-refractivity contribution in [2.75, 3.05) is 43.0 Å². The number of fused-ring (bicyclic) bond motifs is 1. The van der Waals surface area contributed by atoms with Crippen molar-refractivity contribution in [1.82, 2.24) is 5.32 Å². The number of methoxy groups -OCH3 is 1. The van der Waals surface area contributed by atoms with Gasteiger partial charge in [-0.1, -0.05) is 24.3 Å². The van der Waals surface area contributed by atoms with Crippen LogP contribution in [0.25, 0.3) is 0 Å². The third kappa shape index (κ3) is 4.20. The van der Waals surface area contributed by atoms with Crippen LogP contribution in [0, 0.1) is 11.8 Å². The van der Waals surface area contributed by atoms with Crippen LogP contribution in [0.15, 0.2) is 48.5 Å². The maximum Gasteiger partial charge on any atom is 0.326 e. The Labute approximate surface area is 215 Å². The van der Waals surface area contributed by atoms with E-state index >= 15 is 0 Å². The number of imide groups is 1. The molecular formula is C27H31N3O5S. The number of benzene rings is 2. The standard InChI is InChI=1S/C27H31N3O5S/c1-16(31)18-7-6-8-20(15-18)30-24(32)21-22(25(30)33)27(13-14-36-5,26(34)35-4)28-23(21)17-9-11-19(12-10-17)29(2)3/h6-12,15,21-23,28H,13-14H2,1-5H3/t21-,22+,23-,27-/m1/s1. The first-order valence-corrected chi connectivity index (χ1v) is 13.2. The van der Waals surface area contributed by atoms with E-state index in [-0.39, 0.29) is 5.78 Å². The van der Waals surface area contributed by atoms with Gasteiger partial charge in [0.2, 0.25) is 11.8 Å². The molecule has 1 N–H and O–H groups in total. The lowest BCUT2D eigenvalue weighted by atomic mass is 9.78. The van der Waals surface area contributed by atoms with E-state index in [0.29, 0.717) is 23.4 Å². The molecule has 2 amide bonds. The molecule has 36 heavy (non-hydrogen) atoms. The molecule has 0 unspecified atom stereocenters. The predicted molar refractivity (Wildman–Crippen MR) is 140 cm³/mol. The highest BCUT2D eigenvalue weighted by molar-refractivity contribution is 7.98. The van der Waals surface area contributed by atoms with Crippen molar-refractivity contribution in [1.29, 1.82) is 0 Å². The van der Waals surface area contributed by atoms with Gasteiger partial charge in [-0.3, -0.25) is 24.5 Å². The van der Waals surface area contributed by atoms with Gasteiger partial charge in [0, 0.05) is 31.4 Å². The van der Waals surface area contributed by atoms with Crippen molar-refractivity contribution in [3.8, 4) is 0 Å². The zero-order chi connectivity index (χ0) is 26.2. The molecule has 8 nitrogen and oxygen atoms in total. The van der Waals surface area contributed by atoms with Gasteiger partial charge in [0.1, 0.15) is 5.54 Å². The Kier molecular flexibility index (Phi) is 7.24. The fourth-order valence-electron chi connectivity index (χ4n) is 5.35. The molecule has 9 heteroatoms. The van der Waals surface area contributed by atoms with Crippen LogP contribution in [0.4, 0.5) is 11.4 Å². The Balaban J connectivity index is 1.84. The summed E-state index contributed by atoms with van der Waals surface area (Å²) < 4.78 is 5.21. The van der Waals surface area contributed by atoms with Gasteiger partial charge in [0.15, 0.2) is 5.78 Å². The molecule has 0 aliphatic carbocycles. The van der Waals surface area contributed by atoms with Crippen molar-refractivity contribution in [3.05, 3.63) is 59.7 Å². The number of hydrogen-bond donors (Lipinski definition) is 1. The van der Waals surface area contributed by atoms with E-state index in [4.69, 9.17) is 4.74 Å². The van der Waals surface area contributed by atoms with Gasteiger partial charge in [0.25, 0.3) is 0 Å². The van der Waals surface area contributed by atoms with Crippen molar-refractivity contribution in [3.63, 3.8) is 0 Å². The molecule has 0 radical (unpaired) electrons. The summed E-state index contributed by atoms with van der Waals surface area (Å²) in [5, 5.41) is 3.40. The number of carbonyl (C=O) groups excluding carboxylic acids is 4. The number of anilines is 2. The largest absolute Gasteiger partial charge is 0.468 e. The second-order valence-corrected chi connectivity index (χ2v) is 10.4. The minimum atomic E-state index is -1.35. The molecule has 4 atom stereocenters. The third-order valence-corrected chi connectivity index (χ3v) is 7.80. The second kappa shape index (κ2) is 10.1. The van der Waals surface area contributed by atoms with E-state index in [2.05, 4.69) is 5.32 Å². The Morgan fingerprint density at radius 1 is 1.11 bits per heavy atom. The Morgan fingerprint density at radius 2 is 1.81 bits per heavy atom. The van der Waals surface area contributed by atoms with Crippen LogP contribution >= 0.6 is 11.8 Å². The maximum atomic E-state index is 14.0. The highest BCUT2D eigenvalue weighted by atomic mass is 32.2. The molecule has 2 aliphatic rings. The summed E-state index contributed by atoms with van der Waals surface area (Å²) in [7, 11) is 5.18. The molecule has 2 aliphatic heterocycles. The van der Waals surface area contributed by atoms with Gasteiger partial charge in [-0.05, 0) is 55.2 Å². The van der Waals surface area contributed by atoms with E-state index in [1.807, 2.05) is 49.5 Å². The molecule has 0 bridgehead atoms. The predicted octanol–water partition coefficient (Wildman–Crippen LogP) is 3.07. The average molecular weight is 510 g/mol. The van der Waals surface area contributed by atoms with E-state index < -0.39 is 41.2 Å². The molecule has 4 rings (SSSR count). The van der Waals surface area contributed by atoms with Crippen LogP contribution in [0.2, 0.25) is 0 Å². The molecule has 190 valence electrons. The molecule has 2 heterocycles. The number of amides is 2. The third-order valence-electron chi connectivity index (χ3n) is 7.18. The van der Waals surface area contributed by atoms with Gasteiger partial charge in [0.05, 0.1) is 24.6 Å². The first kappa shape index (κ1) is 25.9. The summed E-state index contributed by atoms with van der Waals surface area (Å²) in [6, 6.07) is 13.6. The molecule has 2 saturated heterocycles. The monoisotopic (exact) mass is 509 g/mol. The molecule has 0 spiro atoms. The summed E-state index contributed by atoms with van der Waals surface area (Å²) >= 11 is 1.56. The normalized spacial score (nSPS) is 25.1. The average Bonchev–Trinajstić information content (AvgIpc) is 3.36. The van der Waals surface area contributed by atoms with Crippen molar-refractivity contribution < 1.29 is 23.9 Å². The number of esters is 1. The number of thioether (sulfide) groups is 1. The summed E-state index contributed by atoms with van der Waals surface area (Å²) in [5.41, 5.74) is 1.18. The lowest BCUT2D eigenvalue weighted by Gasteiger charge is -2.32. The van der Waals surface area contributed by atoms with Crippen LogP contribution in [-0.4, -0.2) is 62.3 Å². The number of nitrogens with zero attached hydrogens (tertiary/aromatic N) is 2. The zero-order valence-corrected chi connectivity index (χ0v) is 21.9. The van der Waals surface area contributed by atoms with Gasteiger partial charge < -0.3 is 9.64 Å². The van der Waals surface area contributed by atoms with E-state index in [1.165, 1.54) is 14.0 Å². The van der Waals surface area contributed by atoms with E-state index in [0.717, 1.165) is 16.2 Å². The van der Waals surface area contributed by atoms with Crippen LogP contribution in [0.1, 0.15) is 35.3 Å². The number of ether oxygens (including phenoxy) is 1. The van der Waals surface area contributed by atoms with Gasteiger partial charge in [-0.2, -0.15) is 11.8 Å². The number of nitrogens with one attached hydrogen (secondary N) is 1. The highest BCUT2D eigenvalue weighted by Crippen LogP contribution is 2.51. The summed E-state index contributed by atoms with van der Waals surface area (Å²) in [6.07, 6.45) is 2.25. The van der Waals surface area contributed by atoms with Gasteiger partial charge in [-0.15, -0.1) is 0 Å². The Morgan fingerprint density at radius 3 is 2.39 bits per heavy atom. The topological polar surface area (TPSA) is 96.0 Å². The SMILES string of the molecule is COC(=O)[C@]1(CCSC)N[C@H](c2ccc(N(C)C)cc2)[C@@H]2C(=O)N(c3cccc(C(C)=O)c3)C(=O)[C@H]21. The number of hydrogen-bond acceptors (Lipinski definition) is 8. The van der Waals surface area contributed by atoms with Crippen LogP contribution in [0.3, 0.4) is 0 Å². The maximum absolute atomic E-state index is 14.0.